The lowest BCUT2D eigenvalue weighted by molar-refractivity contribution is -0.134. The van der Waals surface area contributed by atoms with Crippen LogP contribution in [0.15, 0.2) is 35.8 Å². The third-order valence-corrected chi connectivity index (χ3v) is 6.71. The Morgan fingerprint density at radius 3 is 2.90 bits per heavy atom. The number of benzene rings is 1. The van der Waals surface area contributed by atoms with Gasteiger partial charge in [0.05, 0.1) is 35.1 Å². The lowest BCUT2D eigenvalue weighted by atomic mass is 9.98. The van der Waals surface area contributed by atoms with Crippen molar-refractivity contribution >= 4 is 17.2 Å². The summed E-state index contributed by atoms with van der Waals surface area (Å²) in [6.45, 7) is 7.11. The molecule has 1 saturated heterocycles. The second kappa shape index (κ2) is 8.30. The van der Waals surface area contributed by atoms with Crippen LogP contribution < -0.4 is 0 Å². The Morgan fingerprint density at radius 2 is 2.17 bits per heavy atom. The molecule has 1 fully saturated rings. The summed E-state index contributed by atoms with van der Waals surface area (Å²) in [5.74, 6) is 0.557. The molecular formula is C23H27FN4OS. The Hall–Kier alpha value is -2.54. The van der Waals surface area contributed by atoms with Crippen molar-refractivity contribution < 1.29 is 9.18 Å². The molecule has 0 aliphatic carbocycles. The summed E-state index contributed by atoms with van der Waals surface area (Å²) < 4.78 is 13.6. The third-order valence-electron chi connectivity index (χ3n) is 5.40. The molecule has 7 heteroatoms. The van der Waals surface area contributed by atoms with Crippen molar-refractivity contribution in [1.82, 2.24) is 19.9 Å². The van der Waals surface area contributed by atoms with Crippen molar-refractivity contribution in [3.8, 4) is 11.3 Å². The van der Waals surface area contributed by atoms with E-state index >= 15 is 0 Å². The van der Waals surface area contributed by atoms with E-state index in [1.165, 1.54) is 12.1 Å². The molecule has 2 aromatic heterocycles. The van der Waals surface area contributed by atoms with Gasteiger partial charge < -0.3 is 9.88 Å². The standard InChI is InChI=1S/C23H27FN4OS/c1-23(2,3)22-26-17(14-30-22)12-20(29)28-10-5-4-9-19(28)21-25-13-18(27-21)15-7-6-8-16(24)11-15/h6-8,11,13-14,19H,4-5,9-10,12H2,1-3H3,(H,25,27)/t19-/m0/s1. The number of hydrogen-bond acceptors (Lipinski definition) is 4. The van der Waals surface area contributed by atoms with E-state index in [1.807, 2.05) is 16.3 Å². The first kappa shape index (κ1) is 20.7. The van der Waals surface area contributed by atoms with Gasteiger partial charge in [-0.2, -0.15) is 0 Å². The maximum atomic E-state index is 13.6. The summed E-state index contributed by atoms with van der Waals surface area (Å²) >= 11 is 1.61. The van der Waals surface area contributed by atoms with Gasteiger partial charge in [-0.3, -0.25) is 4.79 Å². The van der Waals surface area contributed by atoms with Gasteiger partial charge in [-0.1, -0.05) is 32.9 Å². The molecule has 0 radical (unpaired) electrons. The molecule has 1 aliphatic rings. The molecule has 3 heterocycles. The molecule has 1 amide bonds. The van der Waals surface area contributed by atoms with Crippen molar-refractivity contribution in [3.05, 3.63) is 58.2 Å². The van der Waals surface area contributed by atoms with E-state index in [0.29, 0.717) is 6.42 Å². The van der Waals surface area contributed by atoms with E-state index in [2.05, 4.69) is 35.7 Å². The largest absolute Gasteiger partial charge is 0.340 e. The number of rotatable bonds is 4. The normalized spacial score (nSPS) is 17.3. The highest BCUT2D eigenvalue weighted by molar-refractivity contribution is 7.09. The lowest BCUT2D eigenvalue weighted by Gasteiger charge is -2.34. The van der Waals surface area contributed by atoms with Gasteiger partial charge in [0.15, 0.2) is 0 Å². The molecule has 30 heavy (non-hydrogen) atoms. The molecule has 1 aliphatic heterocycles. The fraction of sp³-hybridized carbons (Fsp3) is 0.435. The van der Waals surface area contributed by atoms with Gasteiger partial charge in [-0.25, -0.2) is 14.4 Å². The number of hydrogen-bond donors (Lipinski definition) is 1. The van der Waals surface area contributed by atoms with Crippen LogP contribution in [0.2, 0.25) is 0 Å². The van der Waals surface area contributed by atoms with Crippen molar-refractivity contribution in [2.75, 3.05) is 6.54 Å². The fourth-order valence-electron chi connectivity index (χ4n) is 3.81. The van der Waals surface area contributed by atoms with Crippen LogP contribution in [-0.4, -0.2) is 32.3 Å². The minimum absolute atomic E-state index is 0.0128. The van der Waals surface area contributed by atoms with Gasteiger partial charge in [0.2, 0.25) is 5.91 Å². The Kier molecular flexibility index (Phi) is 5.73. The molecule has 0 unspecified atom stereocenters. The van der Waals surface area contributed by atoms with E-state index in [1.54, 1.807) is 23.6 Å². The Balaban J connectivity index is 1.52. The van der Waals surface area contributed by atoms with E-state index < -0.39 is 0 Å². The van der Waals surface area contributed by atoms with Crippen LogP contribution in [0.4, 0.5) is 4.39 Å². The number of imidazole rings is 1. The molecule has 1 N–H and O–H groups in total. The highest BCUT2D eigenvalue weighted by Crippen LogP contribution is 2.32. The monoisotopic (exact) mass is 426 g/mol. The molecule has 0 bridgehead atoms. The Labute approximate surface area is 180 Å². The summed E-state index contributed by atoms with van der Waals surface area (Å²) in [6.07, 6.45) is 4.93. The number of carbonyl (C=O) groups is 1. The number of likely N-dealkylation sites (tertiary alicyclic amines) is 1. The van der Waals surface area contributed by atoms with Gasteiger partial charge in [-0.05, 0) is 31.4 Å². The fourth-order valence-corrected chi connectivity index (χ4v) is 4.72. The predicted octanol–water partition coefficient (Wildman–Crippen LogP) is 5.27. The van der Waals surface area contributed by atoms with Crippen molar-refractivity contribution in [2.24, 2.45) is 0 Å². The number of piperidine rings is 1. The summed E-state index contributed by atoms with van der Waals surface area (Å²) in [6, 6.07) is 6.34. The van der Waals surface area contributed by atoms with Crippen molar-refractivity contribution in [2.45, 2.75) is 57.9 Å². The predicted molar refractivity (Wildman–Crippen MR) is 117 cm³/mol. The first-order valence-corrected chi connectivity index (χ1v) is 11.2. The van der Waals surface area contributed by atoms with Crippen LogP contribution in [0.1, 0.15) is 62.6 Å². The number of nitrogens with zero attached hydrogens (tertiary/aromatic N) is 3. The summed E-state index contributed by atoms with van der Waals surface area (Å²) in [4.78, 5) is 27.6. The lowest BCUT2D eigenvalue weighted by Crippen LogP contribution is -2.39. The molecule has 1 aromatic carbocycles. The maximum absolute atomic E-state index is 13.6. The van der Waals surface area contributed by atoms with E-state index in [4.69, 9.17) is 0 Å². The second-order valence-electron chi connectivity index (χ2n) is 8.86. The number of nitrogens with one attached hydrogen (secondary N) is 1. The van der Waals surface area contributed by atoms with E-state index in [0.717, 1.165) is 53.6 Å². The molecule has 0 saturated carbocycles. The smallest absolute Gasteiger partial charge is 0.229 e. The van der Waals surface area contributed by atoms with Crippen LogP contribution in [0.25, 0.3) is 11.3 Å². The average Bonchev–Trinajstić information content (AvgIpc) is 3.37. The number of halogens is 1. The number of carbonyl (C=O) groups excluding carboxylic acids is 1. The average molecular weight is 427 g/mol. The first-order valence-electron chi connectivity index (χ1n) is 10.4. The van der Waals surface area contributed by atoms with Gasteiger partial charge in [0.1, 0.15) is 11.6 Å². The quantitative estimate of drug-likeness (QED) is 0.618. The first-order chi connectivity index (χ1) is 14.3. The van der Waals surface area contributed by atoms with Crippen molar-refractivity contribution in [1.29, 1.82) is 0 Å². The maximum Gasteiger partial charge on any atom is 0.229 e. The molecule has 158 valence electrons. The highest BCUT2D eigenvalue weighted by atomic mass is 32.1. The summed E-state index contributed by atoms with van der Waals surface area (Å²) in [7, 11) is 0. The topological polar surface area (TPSA) is 61.9 Å². The van der Waals surface area contributed by atoms with Crippen LogP contribution in [0.3, 0.4) is 0 Å². The number of thiazole rings is 1. The molecule has 5 nitrogen and oxygen atoms in total. The summed E-state index contributed by atoms with van der Waals surface area (Å²) in [5.41, 5.74) is 2.33. The van der Waals surface area contributed by atoms with Gasteiger partial charge in [-0.15, -0.1) is 11.3 Å². The van der Waals surface area contributed by atoms with Crippen LogP contribution >= 0.6 is 11.3 Å². The van der Waals surface area contributed by atoms with Gasteiger partial charge in [0.25, 0.3) is 0 Å². The van der Waals surface area contributed by atoms with E-state index in [-0.39, 0.29) is 23.2 Å². The highest BCUT2D eigenvalue weighted by Gasteiger charge is 2.30. The summed E-state index contributed by atoms with van der Waals surface area (Å²) in [5, 5.41) is 3.04. The number of aromatic amines is 1. The number of H-pyrrole nitrogens is 1. The SMILES string of the molecule is CC(C)(C)c1nc(CC(=O)N2CCCC[C@H]2c2ncc(-c3cccc(F)c3)[nH]2)cs1. The zero-order chi connectivity index (χ0) is 21.3. The molecule has 1 atom stereocenters. The Morgan fingerprint density at radius 1 is 1.33 bits per heavy atom. The Bertz CT molecular complexity index is 1040. The second-order valence-corrected chi connectivity index (χ2v) is 9.72. The van der Waals surface area contributed by atoms with Crippen molar-refractivity contribution in [3.63, 3.8) is 0 Å². The molecule has 0 spiro atoms. The van der Waals surface area contributed by atoms with Gasteiger partial charge in [0, 0.05) is 22.9 Å². The number of aromatic nitrogens is 3. The van der Waals surface area contributed by atoms with Crippen LogP contribution in [0.5, 0.6) is 0 Å². The van der Waals surface area contributed by atoms with Gasteiger partial charge >= 0.3 is 0 Å². The minimum atomic E-state index is -0.281. The van der Waals surface area contributed by atoms with Crippen LogP contribution in [-0.2, 0) is 16.6 Å². The number of amides is 1. The van der Waals surface area contributed by atoms with E-state index in [9.17, 15) is 9.18 Å². The molecule has 4 rings (SSSR count). The zero-order valence-electron chi connectivity index (χ0n) is 17.6. The molecular weight excluding hydrogens is 399 g/mol. The molecule has 3 aromatic rings. The third kappa shape index (κ3) is 4.46. The zero-order valence-corrected chi connectivity index (χ0v) is 18.4. The minimum Gasteiger partial charge on any atom is -0.340 e. The van der Waals surface area contributed by atoms with Crippen LogP contribution in [0, 0.1) is 5.82 Å².